The number of hydrogen-bond donors (Lipinski definition) is 0. The van der Waals surface area contributed by atoms with Crippen molar-refractivity contribution in [3.05, 3.63) is 58.1 Å². The van der Waals surface area contributed by atoms with E-state index in [1.807, 2.05) is 0 Å². The Kier molecular flexibility index (Phi) is 4.12. The Morgan fingerprint density at radius 1 is 1.30 bits per heavy atom. The number of aromatic nitrogens is 4. The van der Waals surface area contributed by atoms with Gasteiger partial charge in [-0.3, -0.25) is 4.79 Å². The Labute approximate surface area is 136 Å². The molecule has 0 bridgehead atoms. The van der Waals surface area contributed by atoms with Crippen LogP contribution in [0.15, 0.2) is 46.0 Å². The van der Waals surface area contributed by atoms with Crippen LogP contribution in [0.2, 0.25) is 5.15 Å². The van der Waals surface area contributed by atoms with Crippen molar-refractivity contribution in [2.75, 3.05) is 0 Å². The van der Waals surface area contributed by atoms with E-state index in [-0.39, 0.29) is 5.56 Å². The van der Waals surface area contributed by atoms with Crippen LogP contribution >= 0.6 is 11.6 Å². The molecule has 0 saturated heterocycles. The van der Waals surface area contributed by atoms with Crippen molar-refractivity contribution in [1.29, 1.82) is 0 Å². The monoisotopic (exact) mass is 332 g/mol. The van der Waals surface area contributed by atoms with E-state index in [0.717, 1.165) is 0 Å². The van der Waals surface area contributed by atoms with Gasteiger partial charge in [0, 0.05) is 24.9 Å². The van der Waals surface area contributed by atoms with Crippen LogP contribution in [0, 0.1) is 0 Å². The second-order valence-corrected chi connectivity index (χ2v) is 5.29. The fraction of sp³-hybridized carbons (Fsp3) is 0.200. The average Bonchev–Trinajstić information content (AvgIpc) is 3.02. The fourth-order valence-electron chi connectivity index (χ4n) is 1.93. The maximum atomic E-state index is 11.4. The zero-order chi connectivity index (χ0) is 16.4. The minimum Gasteiger partial charge on any atom is -0.479 e. The maximum Gasteiger partial charge on any atom is 0.267 e. The third-order valence-electron chi connectivity index (χ3n) is 3.15. The van der Waals surface area contributed by atoms with Gasteiger partial charge in [0.2, 0.25) is 11.4 Å². The molecule has 3 heterocycles. The lowest BCUT2D eigenvalue weighted by molar-refractivity contribution is 0.175. The molecule has 0 N–H and O–H groups in total. The number of nitrogens with zero attached hydrogens (tertiary/aromatic N) is 4. The van der Waals surface area contributed by atoms with Crippen LogP contribution in [0.5, 0.6) is 5.75 Å². The summed E-state index contributed by atoms with van der Waals surface area (Å²) in [5, 5.41) is 4.30. The molecule has 0 aromatic carbocycles. The van der Waals surface area contributed by atoms with E-state index in [0.29, 0.717) is 28.2 Å². The minimum absolute atomic E-state index is 0.107. The average molecular weight is 333 g/mol. The lowest BCUT2D eigenvalue weighted by atomic mass is 10.2. The van der Waals surface area contributed by atoms with Crippen molar-refractivity contribution in [3.8, 4) is 17.1 Å². The molecule has 1 atom stereocenters. The first kappa shape index (κ1) is 15.2. The van der Waals surface area contributed by atoms with Crippen molar-refractivity contribution in [3.63, 3.8) is 0 Å². The molecule has 8 heteroatoms. The van der Waals surface area contributed by atoms with Crippen molar-refractivity contribution in [2.24, 2.45) is 7.05 Å². The summed E-state index contributed by atoms with van der Waals surface area (Å²) in [6.07, 6.45) is 2.71. The first-order chi connectivity index (χ1) is 11.0. The second kappa shape index (κ2) is 6.21. The first-order valence-electron chi connectivity index (χ1n) is 6.82. The SMILES string of the molecule is C[C@H](Oc1ccc(Cl)nc1)c1nc(-c2ccc(=O)n(C)c2)no1. The molecule has 3 aromatic heterocycles. The molecule has 7 nitrogen and oxygen atoms in total. The van der Waals surface area contributed by atoms with E-state index in [9.17, 15) is 4.79 Å². The Balaban J connectivity index is 1.79. The molecule has 0 spiro atoms. The molecule has 23 heavy (non-hydrogen) atoms. The van der Waals surface area contributed by atoms with Crippen molar-refractivity contribution in [1.82, 2.24) is 19.7 Å². The molecule has 0 amide bonds. The van der Waals surface area contributed by atoms with Crippen LogP contribution in [0.25, 0.3) is 11.4 Å². The summed E-state index contributed by atoms with van der Waals surface area (Å²) in [7, 11) is 1.66. The number of halogens is 1. The normalized spacial score (nSPS) is 12.1. The fourth-order valence-corrected chi connectivity index (χ4v) is 2.04. The summed E-state index contributed by atoms with van der Waals surface area (Å²) in [6, 6.07) is 6.43. The highest BCUT2D eigenvalue weighted by Gasteiger charge is 2.17. The molecule has 0 aliphatic heterocycles. The van der Waals surface area contributed by atoms with Gasteiger partial charge in [-0.05, 0) is 25.1 Å². The number of aryl methyl sites for hydroxylation is 1. The standard InChI is InChI=1S/C15H13ClN4O3/c1-9(22-11-4-5-12(16)17-7-11)15-18-14(19-23-15)10-3-6-13(21)20(2)8-10/h3-9H,1-2H3/t9-/m0/s1. The Morgan fingerprint density at radius 3 is 2.83 bits per heavy atom. The molecule has 0 radical (unpaired) electrons. The first-order valence-corrected chi connectivity index (χ1v) is 7.19. The van der Waals surface area contributed by atoms with Crippen molar-refractivity contribution < 1.29 is 9.26 Å². The number of ether oxygens (including phenoxy) is 1. The van der Waals surface area contributed by atoms with Gasteiger partial charge in [0.1, 0.15) is 10.9 Å². The Hall–Kier alpha value is -2.67. The van der Waals surface area contributed by atoms with Gasteiger partial charge in [-0.25, -0.2) is 4.98 Å². The highest BCUT2D eigenvalue weighted by molar-refractivity contribution is 6.29. The van der Waals surface area contributed by atoms with Gasteiger partial charge < -0.3 is 13.8 Å². The van der Waals surface area contributed by atoms with Gasteiger partial charge in [0.25, 0.3) is 5.89 Å². The molecular formula is C15H13ClN4O3. The molecule has 3 rings (SSSR count). The van der Waals surface area contributed by atoms with E-state index >= 15 is 0 Å². The third-order valence-corrected chi connectivity index (χ3v) is 3.37. The predicted octanol–water partition coefficient (Wildman–Crippen LogP) is 2.62. The summed E-state index contributed by atoms with van der Waals surface area (Å²) in [5.41, 5.74) is 0.576. The van der Waals surface area contributed by atoms with Crippen molar-refractivity contribution >= 4 is 11.6 Å². The lowest BCUT2D eigenvalue weighted by Crippen LogP contribution is -2.14. The van der Waals surface area contributed by atoms with Gasteiger partial charge in [0.15, 0.2) is 6.10 Å². The largest absolute Gasteiger partial charge is 0.479 e. The minimum atomic E-state index is -0.452. The van der Waals surface area contributed by atoms with Crippen molar-refractivity contribution in [2.45, 2.75) is 13.0 Å². The molecule has 118 valence electrons. The molecule has 0 aliphatic rings. The Morgan fingerprint density at radius 2 is 2.13 bits per heavy atom. The van der Waals surface area contributed by atoms with E-state index in [2.05, 4.69) is 15.1 Å². The quantitative estimate of drug-likeness (QED) is 0.683. The van der Waals surface area contributed by atoms with Crippen LogP contribution in [0.1, 0.15) is 18.9 Å². The van der Waals surface area contributed by atoms with Crippen LogP contribution < -0.4 is 10.3 Å². The molecule has 0 saturated carbocycles. The summed E-state index contributed by atoms with van der Waals surface area (Å²) >= 11 is 5.73. The second-order valence-electron chi connectivity index (χ2n) is 4.90. The number of pyridine rings is 2. The van der Waals surface area contributed by atoms with E-state index in [4.69, 9.17) is 20.9 Å². The van der Waals surface area contributed by atoms with Crippen LogP contribution in [0.3, 0.4) is 0 Å². The molecular weight excluding hydrogens is 320 g/mol. The molecule has 0 aliphatic carbocycles. The third kappa shape index (κ3) is 3.40. The van der Waals surface area contributed by atoms with Crippen LogP contribution in [0.4, 0.5) is 0 Å². The van der Waals surface area contributed by atoms with E-state index in [1.165, 1.54) is 16.8 Å². The molecule has 0 fully saturated rings. The highest BCUT2D eigenvalue weighted by Crippen LogP contribution is 2.23. The number of hydrogen-bond acceptors (Lipinski definition) is 6. The molecule has 0 unspecified atom stereocenters. The van der Waals surface area contributed by atoms with E-state index < -0.39 is 6.10 Å². The summed E-state index contributed by atoms with van der Waals surface area (Å²) < 4.78 is 12.4. The molecule has 3 aromatic rings. The summed E-state index contributed by atoms with van der Waals surface area (Å²) in [5.74, 6) is 1.26. The Bertz CT molecular complexity index is 873. The van der Waals surface area contributed by atoms with Gasteiger partial charge in [-0.1, -0.05) is 16.8 Å². The van der Waals surface area contributed by atoms with Gasteiger partial charge in [-0.15, -0.1) is 0 Å². The zero-order valence-corrected chi connectivity index (χ0v) is 13.2. The lowest BCUT2D eigenvalue weighted by Gasteiger charge is -2.09. The van der Waals surface area contributed by atoms with Gasteiger partial charge in [-0.2, -0.15) is 4.98 Å². The highest BCUT2D eigenvalue weighted by atomic mass is 35.5. The summed E-state index contributed by atoms with van der Waals surface area (Å²) in [6.45, 7) is 1.78. The summed E-state index contributed by atoms with van der Waals surface area (Å²) in [4.78, 5) is 19.6. The van der Waals surface area contributed by atoms with Gasteiger partial charge in [0.05, 0.1) is 6.20 Å². The predicted molar refractivity (Wildman–Crippen MR) is 83.3 cm³/mol. The smallest absolute Gasteiger partial charge is 0.267 e. The topological polar surface area (TPSA) is 83.0 Å². The van der Waals surface area contributed by atoms with E-state index in [1.54, 1.807) is 38.4 Å². The van der Waals surface area contributed by atoms with Crippen LogP contribution in [-0.4, -0.2) is 19.7 Å². The maximum absolute atomic E-state index is 11.4. The zero-order valence-electron chi connectivity index (χ0n) is 12.4. The number of rotatable bonds is 4. The van der Waals surface area contributed by atoms with Gasteiger partial charge >= 0.3 is 0 Å². The van der Waals surface area contributed by atoms with Crippen LogP contribution in [-0.2, 0) is 7.05 Å².